The molecule has 0 saturated carbocycles. The van der Waals surface area contributed by atoms with Gasteiger partial charge in [-0.2, -0.15) is 0 Å². The second-order valence-corrected chi connectivity index (χ2v) is 8.07. The molecule has 30 heavy (non-hydrogen) atoms. The molecular weight excluding hydrogens is 413 g/mol. The summed E-state index contributed by atoms with van der Waals surface area (Å²) in [5.74, 6) is -1.91. The van der Waals surface area contributed by atoms with Gasteiger partial charge in [0.15, 0.2) is 0 Å². The lowest BCUT2D eigenvalue weighted by molar-refractivity contribution is -0.0101. The first-order valence-electron chi connectivity index (χ1n) is 9.36. The van der Waals surface area contributed by atoms with Crippen molar-refractivity contribution in [2.75, 3.05) is 45.4 Å². The molecule has 4 heterocycles. The highest BCUT2D eigenvalue weighted by Gasteiger charge is 2.31. The van der Waals surface area contributed by atoms with E-state index in [0.717, 1.165) is 6.07 Å². The number of thiazole rings is 1. The van der Waals surface area contributed by atoms with Crippen LogP contribution in [-0.4, -0.2) is 62.0 Å². The molecule has 1 atom stereocenters. The Morgan fingerprint density at radius 2 is 2.30 bits per heavy atom. The first-order valence-corrected chi connectivity index (χ1v) is 10.2. The van der Waals surface area contributed by atoms with Crippen LogP contribution in [0, 0.1) is 5.82 Å². The molecule has 1 N–H and O–H groups in total. The second-order valence-electron chi connectivity index (χ2n) is 7.22. The molecule has 156 valence electrons. The van der Waals surface area contributed by atoms with E-state index < -0.39 is 17.2 Å². The van der Waals surface area contributed by atoms with Crippen molar-refractivity contribution in [2.45, 2.75) is 6.10 Å². The number of ether oxygens (including phenoxy) is 2. The summed E-state index contributed by atoms with van der Waals surface area (Å²) in [4.78, 5) is 31.4. The van der Waals surface area contributed by atoms with E-state index in [1.54, 1.807) is 23.9 Å². The SMILES string of the molecule is CN=c1c2c(N3CCOC(COC)C3)c(F)cc3c(=O)c(C(=O)O)c4scc1n4c32. The van der Waals surface area contributed by atoms with Crippen molar-refractivity contribution < 1.29 is 23.8 Å². The number of anilines is 1. The number of nitrogens with zero attached hydrogens (tertiary/aromatic N) is 3. The third-order valence-electron chi connectivity index (χ3n) is 5.59. The fourth-order valence-electron chi connectivity index (χ4n) is 4.43. The van der Waals surface area contributed by atoms with E-state index in [1.165, 1.54) is 11.3 Å². The molecule has 0 amide bonds. The monoisotopic (exact) mass is 431 g/mol. The molecule has 0 spiro atoms. The third-order valence-corrected chi connectivity index (χ3v) is 6.54. The number of halogens is 1. The van der Waals surface area contributed by atoms with E-state index in [-0.39, 0.29) is 17.1 Å². The van der Waals surface area contributed by atoms with Gasteiger partial charge in [-0.05, 0) is 6.07 Å². The molecule has 4 aromatic rings. The largest absolute Gasteiger partial charge is 0.477 e. The number of hydrogen-bond acceptors (Lipinski definition) is 7. The van der Waals surface area contributed by atoms with E-state index in [9.17, 15) is 14.7 Å². The Kier molecular flexibility index (Phi) is 4.38. The summed E-state index contributed by atoms with van der Waals surface area (Å²) in [6.07, 6.45) is -0.208. The zero-order chi connectivity index (χ0) is 21.2. The minimum atomic E-state index is -1.33. The van der Waals surface area contributed by atoms with Crippen LogP contribution in [0.15, 0.2) is 21.2 Å². The molecule has 0 radical (unpaired) electrons. The molecule has 3 aromatic heterocycles. The van der Waals surface area contributed by atoms with Gasteiger partial charge in [0.05, 0.1) is 52.2 Å². The number of morpholine rings is 1. The van der Waals surface area contributed by atoms with E-state index >= 15 is 4.39 Å². The van der Waals surface area contributed by atoms with Crippen LogP contribution in [0.3, 0.4) is 0 Å². The standard InChI is InChI=1S/C20H18FN3O5S/c1-22-15-12-8-30-19-14(20(26)27)18(25)10-5-11(21)17(13(15)16(10)24(12)19)23-3-4-29-9(6-23)7-28-2/h5,8-9H,3-4,6-7H2,1-2H3,(H,26,27). The number of carboxylic acid groups (broad SMARTS) is 1. The Labute approximate surface area is 173 Å². The smallest absolute Gasteiger partial charge is 0.342 e. The highest BCUT2D eigenvalue weighted by Crippen LogP contribution is 2.36. The maximum atomic E-state index is 15.5. The average Bonchev–Trinajstić information content (AvgIpc) is 3.26. The van der Waals surface area contributed by atoms with Crippen molar-refractivity contribution in [3.8, 4) is 0 Å². The normalized spacial score (nSPS) is 18.4. The van der Waals surface area contributed by atoms with Crippen LogP contribution < -0.4 is 15.7 Å². The van der Waals surface area contributed by atoms with Crippen molar-refractivity contribution in [1.29, 1.82) is 0 Å². The van der Waals surface area contributed by atoms with E-state index in [2.05, 4.69) is 4.99 Å². The number of aromatic nitrogens is 1. The highest BCUT2D eigenvalue weighted by atomic mass is 32.1. The zero-order valence-electron chi connectivity index (χ0n) is 16.3. The Morgan fingerprint density at radius 1 is 1.50 bits per heavy atom. The summed E-state index contributed by atoms with van der Waals surface area (Å²) >= 11 is 1.17. The molecule has 1 unspecified atom stereocenters. The molecule has 5 rings (SSSR count). The van der Waals surface area contributed by atoms with Gasteiger partial charge in [0, 0.05) is 32.6 Å². The number of carboxylic acids is 1. The van der Waals surface area contributed by atoms with Gasteiger partial charge in [0.25, 0.3) is 0 Å². The average molecular weight is 431 g/mol. The van der Waals surface area contributed by atoms with Gasteiger partial charge in [-0.15, -0.1) is 11.3 Å². The number of benzene rings is 1. The van der Waals surface area contributed by atoms with Gasteiger partial charge < -0.3 is 19.5 Å². The Bertz CT molecular complexity index is 1410. The van der Waals surface area contributed by atoms with Crippen molar-refractivity contribution in [2.24, 2.45) is 4.99 Å². The summed E-state index contributed by atoms with van der Waals surface area (Å²) in [5, 5.41) is 12.5. The minimum absolute atomic E-state index is 0.0427. The van der Waals surface area contributed by atoms with E-state index in [0.29, 0.717) is 58.6 Å². The minimum Gasteiger partial charge on any atom is -0.477 e. The number of pyridine rings is 1. The second kappa shape index (κ2) is 6.86. The molecule has 0 aliphatic carbocycles. The predicted molar refractivity (Wildman–Crippen MR) is 111 cm³/mol. The van der Waals surface area contributed by atoms with Crippen LogP contribution in [0.2, 0.25) is 0 Å². The number of carbonyl (C=O) groups is 1. The number of aromatic carboxylic acids is 1. The van der Waals surface area contributed by atoms with Crippen molar-refractivity contribution in [3.05, 3.63) is 38.4 Å². The first-order chi connectivity index (χ1) is 14.5. The van der Waals surface area contributed by atoms with Crippen molar-refractivity contribution in [1.82, 2.24) is 4.40 Å². The van der Waals surface area contributed by atoms with Crippen LogP contribution in [0.25, 0.3) is 26.6 Å². The maximum Gasteiger partial charge on any atom is 0.342 e. The van der Waals surface area contributed by atoms with Gasteiger partial charge in [-0.25, -0.2) is 9.18 Å². The molecule has 1 aliphatic heterocycles. The molecule has 1 saturated heterocycles. The molecule has 0 bridgehead atoms. The molecule has 1 fully saturated rings. The van der Waals surface area contributed by atoms with E-state index in [1.807, 2.05) is 4.90 Å². The lowest BCUT2D eigenvalue weighted by Gasteiger charge is -2.34. The third kappa shape index (κ3) is 2.47. The molecule has 10 heteroatoms. The molecule has 1 aromatic carbocycles. The maximum absolute atomic E-state index is 15.5. The lowest BCUT2D eigenvalue weighted by atomic mass is 10.1. The molecule has 8 nitrogen and oxygen atoms in total. The van der Waals surface area contributed by atoms with Gasteiger partial charge in [0.1, 0.15) is 16.2 Å². The van der Waals surface area contributed by atoms with Gasteiger partial charge >= 0.3 is 5.97 Å². The lowest BCUT2D eigenvalue weighted by Crippen LogP contribution is -2.45. The Balaban J connectivity index is 1.90. The summed E-state index contributed by atoms with van der Waals surface area (Å²) in [6.45, 7) is 1.70. The van der Waals surface area contributed by atoms with Crippen molar-refractivity contribution >= 4 is 49.6 Å². The van der Waals surface area contributed by atoms with Crippen LogP contribution in [0.1, 0.15) is 10.4 Å². The quantitative estimate of drug-likeness (QED) is 0.529. The summed E-state index contributed by atoms with van der Waals surface area (Å²) in [6, 6.07) is 1.15. The summed E-state index contributed by atoms with van der Waals surface area (Å²) < 4.78 is 28.1. The number of hydrogen-bond donors (Lipinski definition) is 1. The fraction of sp³-hybridized carbons (Fsp3) is 0.350. The van der Waals surface area contributed by atoms with Crippen LogP contribution in [-0.2, 0) is 9.47 Å². The fourth-order valence-corrected chi connectivity index (χ4v) is 5.47. The van der Waals surface area contributed by atoms with Gasteiger partial charge in [-0.1, -0.05) is 0 Å². The predicted octanol–water partition coefficient (Wildman–Crippen LogP) is 1.76. The highest BCUT2D eigenvalue weighted by molar-refractivity contribution is 7.16. The first kappa shape index (κ1) is 19.2. The van der Waals surface area contributed by atoms with Crippen LogP contribution in [0.5, 0.6) is 0 Å². The van der Waals surface area contributed by atoms with E-state index in [4.69, 9.17) is 9.47 Å². The number of methoxy groups -OCH3 is 1. The van der Waals surface area contributed by atoms with Gasteiger partial charge in [-0.3, -0.25) is 14.2 Å². The summed E-state index contributed by atoms with van der Waals surface area (Å²) in [5.41, 5.74) is 0.483. The molecular formula is C20H18FN3O5S. The summed E-state index contributed by atoms with van der Waals surface area (Å²) in [7, 11) is 3.19. The van der Waals surface area contributed by atoms with Crippen LogP contribution >= 0.6 is 11.3 Å². The zero-order valence-corrected chi connectivity index (χ0v) is 17.1. The van der Waals surface area contributed by atoms with Gasteiger partial charge in [0.2, 0.25) is 5.43 Å². The Hall–Kier alpha value is -2.82. The number of rotatable bonds is 4. The Morgan fingerprint density at radius 3 is 3.00 bits per heavy atom. The molecule has 1 aliphatic rings. The van der Waals surface area contributed by atoms with Crippen molar-refractivity contribution in [3.63, 3.8) is 0 Å². The van der Waals surface area contributed by atoms with Crippen LogP contribution in [0.4, 0.5) is 10.1 Å². The topological polar surface area (TPSA) is 92.8 Å².